The van der Waals surface area contributed by atoms with Crippen molar-refractivity contribution in [3.8, 4) is 0 Å². The van der Waals surface area contributed by atoms with Crippen LogP contribution in [0.15, 0.2) is 65.3 Å². The molecule has 1 heterocycles. The standard InChI is InChI=1S/C19H15F5N2O2S/c1-11(27)15-16(13-8-5-9-14(10-13)19(20,21)22)29(23,24)18(25-15)26-17(28)12-6-3-2-4-7-12/h2-11,27H,1H3,(H,25,26,28). The first-order valence-electron chi connectivity index (χ1n) is 8.29. The van der Waals surface area contributed by atoms with Gasteiger partial charge < -0.3 is 5.11 Å². The minimum absolute atomic E-state index is 0.108. The summed E-state index contributed by atoms with van der Waals surface area (Å²) in [7, 11) is -4.97. The first kappa shape index (κ1) is 21.0. The Hall–Kier alpha value is -2.72. The molecule has 0 spiro atoms. The molecule has 0 saturated heterocycles. The number of halogens is 5. The van der Waals surface area contributed by atoms with Gasteiger partial charge in [-0.3, -0.25) is 10.1 Å². The van der Waals surface area contributed by atoms with Crippen molar-refractivity contribution in [3.63, 3.8) is 0 Å². The van der Waals surface area contributed by atoms with Crippen molar-refractivity contribution in [3.05, 3.63) is 77.0 Å². The Morgan fingerprint density at radius 1 is 1.10 bits per heavy atom. The Labute approximate surface area is 164 Å². The van der Waals surface area contributed by atoms with E-state index in [-0.39, 0.29) is 5.56 Å². The summed E-state index contributed by atoms with van der Waals surface area (Å²) in [6.45, 7) is 1.17. The van der Waals surface area contributed by atoms with Crippen LogP contribution in [-0.4, -0.2) is 22.3 Å². The molecule has 4 nitrogen and oxygen atoms in total. The molecule has 10 heteroatoms. The van der Waals surface area contributed by atoms with Crippen molar-refractivity contribution in [2.24, 2.45) is 4.99 Å². The first-order valence-corrected chi connectivity index (χ1v) is 9.73. The van der Waals surface area contributed by atoms with Gasteiger partial charge in [-0.05, 0) is 36.8 Å². The van der Waals surface area contributed by atoms with E-state index in [4.69, 9.17) is 0 Å². The van der Waals surface area contributed by atoms with Crippen LogP contribution in [0.5, 0.6) is 0 Å². The van der Waals surface area contributed by atoms with Gasteiger partial charge in [0.2, 0.25) is 5.17 Å². The number of hydrogen-bond acceptors (Lipinski definition) is 3. The molecule has 1 amide bonds. The largest absolute Gasteiger partial charge is 0.416 e. The normalized spacial score (nSPS) is 18.2. The lowest BCUT2D eigenvalue weighted by Crippen LogP contribution is -2.30. The van der Waals surface area contributed by atoms with E-state index in [0.29, 0.717) is 6.07 Å². The highest BCUT2D eigenvalue weighted by molar-refractivity contribution is 8.44. The molecule has 0 saturated carbocycles. The van der Waals surface area contributed by atoms with E-state index in [2.05, 4.69) is 4.99 Å². The van der Waals surface area contributed by atoms with E-state index >= 15 is 7.77 Å². The summed E-state index contributed by atoms with van der Waals surface area (Å²) in [6, 6.07) is 11.0. The molecule has 0 bridgehead atoms. The summed E-state index contributed by atoms with van der Waals surface area (Å²) in [5.41, 5.74) is -1.89. The maximum absolute atomic E-state index is 15.2. The molecule has 1 atom stereocenters. The highest BCUT2D eigenvalue weighted by Crippen LogP contribution is 2.68. The highest BCUT2D eigenvalue weighted by atomic mass is 32.3. The predicted molar refractivity (Wildman–Crippen MR) is 101 cm³/mol. The first-order chi connectivity index (χ1) is 13.5. The molecule has 2 aromatic rings. The van der Waals surface area contributed by atoms with Gasteiger partial charge >= 0.3 is 6.18 Å². The van der Waals surface area contributed by atoms with Crippen LogP contribution in [0.25, 0.3) is 4.91 Å². The summed E-state index contributed by atoms with van der Waals surface area (Å²) in [6.07, 6.45) is -6.21. The van der Waals surface area contributed by atoms with E-state index in [9.17, 15) is 23.1 Å². The second kappa shape index (κ2) is 7.60. The number of carbonyl (C=O) groups is 1. The summed E-state index contributed by atoms with van der Waals surface area (Å²) in [4.78, 5) is 15.1. The van der Waals surface area contributed by atoms with E-state index in [0.717, 1.165) is 18.2 Å². The van der Waals surface area contributed by atoms with Gasteiger partial charge in [0.25, 0.3) is 5.91 Å². The number of benzene rings is 2. The van der Waals surface area contributed by atoms with Gasteiger partial charge in [0.1, 0.15) is 10.8 Å². The predicted octanol–water partition coefficient (Wildman–Crippen LogP) is 5.13. The maximum Gasteiger partial charge on any atom is 0.416 e. The van der Waals surface area contributed by atoms with Crippen LogP contribution < -0.4 is 5.32 Å². The Morgan fingerprint density at radius 2 is 1.76 bits per heavy atom. The van der Waals surface area contributed by atoms with Crippen molar-refractivity contribution in [2.75, 3.05) is 0 Å². The second-order valence-corrected chi connectivity index (χ2v) is 7.91. The average molecular weight is 430 g/mol. The highest BCUT2D eigenvalue weighted by Gasteiger charge is 2.45. The Kier molecular flexibility index (Phi) is 5.50. The fraction of sp³-hybridized carbons (Fsp3) is 0.158. The molecule has 2 aromatic carbocycles. The van der Waals surface area contributed by atoms with E-state index in [1.54, 1.807) is 18.2 Å². The number of hydrogen-bond donors (Lipinski definition) is 2. The minimum Gasteiger partial charge on any atom is -0.387 e. The molecule has 0 aromatic heterocycles. The molecule has 3 rings (SSSR count). The maximum atomic E-state index is 15.2. The number of amidine groups is 1. The molecule has 2 N–H and O–H groups in total. The number of alkyl halides is 3. The summed E-state index contributed by atoms with van der Waals surface area (Å²) in [5, 5.41) is 11.0. The minimum atomic E-state index is -4.97. The number of carbonyl (C=O) groups excluding carboxylic acids is 1. The SMILES string of the molecule is CC(O)C1=C(c2cccc(C(F)(F)F)c2)S(F)(F)C(NC(=O)c2ccccc2)=N1. The van der Waals surface area contributed by atoms with E-state index in [1.807, 2.05) is 5.32 Å². The third-order valence-electron chi connectivity index (χ3n) is 4.06. The van der Waals surface area contributed by atoms with Crippen molar-refractivity contribution in [1.82, 2.24) is 5.32 Å². The zero-order chi connectivity index (χ0) is 21.4. The Balaban J connectivity index is 2.01. The third kappa shape index (κ3) is 4.18. The molecule has 0 radical (unpaired) electrons. The average Bonchev–Trinajstić information content (AvgIpc) is 2.92. The van der Waals surface area contributed by atoms with Crippen LogP contribution in [0.4, 0.5) is 20.9 Å². The van der Waals surface area contributed by atoms with E-state index in [1.165, 1.54) is 19.1 Å². The second-order valence-electron chi connectivity index (χ2n) is 6.17. The monoisotopic (exact) mass is 430 g/mol. The molecule has 154 valence electrons. The van der Waals surface area contributed by atoms with Gasteiger partial charge in [-0.1, -0.05) is 30.3 Å². The van der Waals surface area contributed by atoms with Gasteiger partial charge in [0, 0.05) is 5.56 Å². The Bertz CT molecular complexity index is 1000. The van der Waals surface area contributed by atoms with Crippen molar-refractivity contribution in [1.29, 1.82) is 0 Å². The molecule has 1 unspecified atom stereocenters. The lowest BCUT2D eigenvalue weighted by atomic mass is 10.1. The van der Waals surface area contributed by atoms with Crippen LogP contribution in [0.1, 0.15) is 28.4 Å². The summed E-state index contributed by atoms with van der Waals surface area (Å²) < 4.78 is 69.3. The molecule has 0 aliphatic carbocycles. The van der Waals surface area contributed by atoms with Crippen LogP contribution >= 0.6 is 10.8 Å². The fourth-order valence-electron chi connectivity index (χ4n) is 2.71. The number of rotatable bonds is 3. The summed E-state index contributed by atoms with van der Waals surface area (Å²) in [5.74, 6) is -0.841. The third-order valence-corrected chi connectivity index (χ3v) is 5.69. The zero-order valence-corrected chi connectivity index (χ0v) is 15.7. The van der Waals surface area contributed by atoms with Crippen LogP contribution in [0.3, 0.4) is 0 Å². The lowest BCUT2D eigenvalue weighted by molar-refractivity contribution is -0.137. The van der Waals surface area contributed by atoms with Gasteiger partial charge in [0.15, 0.2) is 0 Å². The van der Waals surface area contributed by atoms with Gasteiger partial charge in [-0.25, -0.2) is 4.99 Å². The topological polar surface area (TPSA) is 61.7 Å². The Morgan fingerprint density at radius 3 is 2.34 bits per heavy atom. The fourth-order valence-corrected chi connectivity index (χ4v) is 4.24. The number of amides is 1. The zero-order valence-electron chi connectivity index (χ0n) is 14.9. The van der Waals surface area contributed by atoms with Crippen LogP contribution in [0, 0.1) is 0 Å². The quantitative estimate of drug-likeness (QED) is 0.664. The van der Waals surface area contributed by atoms with Gasteiger partial charge in [0.05, 0.1) is 22.3 Å². The van der Waals surface area contributed by atoms with Crippen LogP contribution in [0.2, 0.25) is 0 Å². The number of aliphatic hydroxyl groups excluding tert-OH is 1. The number of nitrogens with zero attached hydrogens (tertiary/aromatic N) is 1. The van der Waals surface area contributed by atoms with Crippen LogP contribution in [-0.2, 0) is 6.18 Å². The van der Waals surface area contributed by atoms with Gasteiger partial charge in [-0.15, -0.1) is 7.77 Å². The molecular formula is C19H15F5N2O2S. The van der Waals surface area contributed by atoms with Crippen molar-refractivity contribution >= 4 is 26.8 Å². The number of aliphatic imine (C=N–C) groups is 1. The molecule has 0 fully saturated rings. The molecule has 29 heavy (non-hydrogen) atoms. The molecule has 1 aliphatic heterocycles. The molecular weight excluding hydrogens is 415 g/mol. The lowest BCUT2D eigenvalue weighted by Gasteiger charge is -2.22. The van der Waals surface area contributed by atoms with Crippen molar-refractivity contribution in [2.45, 2.75) is 19.2 Å². The summed E-state index contributed by atoms with van der Waals surface area (Å²) >= 11 is 0. The number of nitrogens with one attached hydrogen (secondary N) is 1. The molecule has 1 aliphatic rings. The number of aliphatic hydroxyl groups is 1. The van der Waals surface area contributed by atoms with Gasteiger partial charge in [-0.2, -0.15) is 13.2 Å². The van der Waals surface area contributed by atoms with Crippen molar-refractivity contribution < 1.29 is 30.8 Å². The smallest absolute Gasteiger partial charge is 0.387 e. The van der Waals surface area contributed by atoms with E-state index < -0.39 is 55.9 Å².